The molecule has 0 fully saturated rings. The van der Waals surface area contributed by atoms with Crippen LogP contribution in [0.3, 0.4) is 0 Å². The Bertz CT molecular complexity index is 1340. The minimum absolute atomic E-state index is 0.271. The quantitative estimate of drug-likeness (QED) is 0.449. The van der Waals surface area contributed by atoms with Crippen molar-refractivity contribution in [1.29, 1.82) is 0 Å². The number of ether oxygens (including phenoxy) is 3. The van der Waals surface area contributed by atoms with Crippen molar-refractivity contribution in [3.05, 3.63) is 60.8 Å². The highest BCUT2D eigenvalue weighted by Crippen LogP contribution is 2.40. The lowest BCUT2D eigenvalue weighted by atomic mass is 10.1. The summed E-state index contributed by atoms with van der Waals surface area (Å²) in [5, 5.41) is 5.24. The molecule has 0 aliphatic heterocycles. The Morgan fingerprint density at radius 1 is 1.00 bits per heavy atom. The Morgan fingerprint density at radius 3 is 2.27 bits per heavy atom. The highest BCUT2D eigenvalue weighted by molar-refractivity contribution is 7.15. The number of benzene rings is 2. The minimum Gasteiger partial charge on any atom is -0.493 e. The van der Waals surface area contributed by atoms with Gasteiger partial charge in [-0.3, -0.25) is 4.79 Å². The Hall–Kier alpha value is -2.81. The molecule has 0 bridgehead atoms. The van der Waals surface area contributed by atoms with E-state index in [4.69, 9.17) is 37.4 Å². The average Bonchev–Trinajstić information content (AvgIpc) is 3.29. The number of methoxy groups -OCH3 is 3. The predicted octanol–water partition coefficient (Wildman–Crippen LogP) is 3.70. The zero-order valence-corrected chi connectivity index (χ0v) is 18.4. The fraction of sp³-hybridized carbons (Fsp3) is 0.150. The molecule has 0 amide bonds. The molecule has 154 valence electrons. The van der Waals surface area contributed by atoms with Crippen LogP contribution in [0.1, 0.15) is 5.56 Å². The van der Waals surface area contributed by atoms with Crippen molar-refractivity contribution in [3.63, 3.8) is 0 Å². The second-order valence-corrected chi connectivity index (χ2v) is 7.96. The zero-order valence-electron chi connectivity index (χ0n) is 16.1. The van der Waals surface area contributed by atoms with E-state index < -0.39 is 0 Å². The second-order valence-electron chi connectivity index (χ2n) is 6.13. The molecule has 10 heteroatoms. The number of halogens is 2. The molecule has 0 aliphatic carbocycles. The van der Waals surface area contributed by atoms with Gasteiger partial charge in [0.25, 0.3) is 5.56 Å². The van der Waals surface area contributed by atoms with Crippen molar-refractivity contribution >= 4 is 45.6 Å². The van der Waals surface area contributed by atoms with Gasteiger partial charge >= 0.3 is 0 Å². The number of hydrogen-bond acceptors (Lipinski definition) is 7. The molecule has 0 saturated carbocycles. The number of fused-ring (bicyclic) bond motifs is 1. The Labute approximate surface area is 185 Å². The van der Waals surface area contributed by atoms with Gasteiger partial charge < -0.3 is 14.2 Å². The predicted molar refractivity (Wildman–Crippen MR) is 117 cm³/mol. The summed E-state index contributed by atoms with van der Waals surface area (Å²) >= 11 is 13.2. The summed E-state index contributed by atoms with van der Waals surface area (Å²) in [6, 6.07) is 8.62. The first-order chi connectivity index (χ1) is 14.4. The van der Waals surface area contributed by atoms with E-state index in [9.17, 15) is 4.79 Å². The Balaban J connectivity index is 1.80. The molecule has 0 atom stereocenters. The highest BCUT2D eigenvalue weighted by Gasteiger charge is 2.18. The van der Waals surface area contributed by atoms with E-state index in [2.05, 4.69) is 10.1 Å². The van der Waals surface area contributed by atoms with Crippen molar-refractivity contribution in [2.24, 2.45) is 0 Å². The van der Waals surface area contributed by atoms with Crippen LogP contribution in [0.15, 0.2) is 35.1 Å². The lowest BCUT2D eigenvalue weighted by molar-refractivity contribution is 0.324. The summed E-state index contributed by atoms with van der Waals surface area (Å²) in [6.07, 6.45) is 1.73. The molecule has 0 unspecified atom stereocenters. The molecule has 7 nitrogen and oxygen atoms in total. The molecule has 0 spiro atoms. The van der Waals surface area contributed by atoms with Gasteiger partial charge in [0.2, 0.25) is 10.7 Å². The summed E-state index contributed by atoms with van der Waals surface area (Å²) in [6.45, 7) is 0. The monoisotopic (exact) mass is 463 g/mol. The fourth-order valence-corrected chi connectivity index (χ4v) is 4.13. The molecule has 0 aliphatic rings. The van der Waals surface area contributed by atoms with Crippen molar-refractivity contribution in [2.45, 2.75) is 0 Å². The molecule has 4 rings (SSSR count). The molecule has 4 aromatic rings. The fourth-order valence-electron chi connectivity index (χ4n) is 2.92. The molecule has 2 aromatic carbocycles. The largest absolute Gasteiger partial charge is 0.493 e. The first kappa shape index (κ1) is 20.5. The molecular formula is C20H15Cl2N3O4S. The normalized spacial score (nSPS) is 11.8. The van der Waals surface area contributed by atoms with Gasteiger partial charge in [0, 0.05) is 5.56 Å². The number of hydrogen-bond donors (Lipinski definition) is 0. The summed E-state index contributed by atoms with van der Waals surface area (Å²) in [5.74, 6) is 1.79. The van der Waals surface area contributed by atoms with Crippen LogP contribution >= 0.6 is 34.5 Å². The summed E-state index contributed by atoms with van der Waals surface area (Å²) in [7, 11) is 4.59. The third-order valence-electron chi connectivity index (χ3n) is 4.35. The average molecular weight is 464 g/mol. The maximum absolute atomic E-state index is 12.8. The van der Waals surface area contributed by atoms with Gasteiger partial charge in [-0.25, -0.2) is 0 Å². The van der Waals surface area contributed by atoms with Crippen LogP contribution in [-0.2, 0) is 0 Å². The zero-order chi connectivity index (χ0) is 21.4. The van der Waals surface area contributed by atoms with Crippen LogP contribution in [-0.4, -0.2) is 35.9 Å². The highest BCUT2D eigenvalue weighted by atomic mass is 35.5. The van der Waals surface area contributed by atoms with Gasteiger partial charge in [-0.1, -0.05) is 40.6 Å². The van der Waals surface area contributed by atoms with E-state index >= 15 is 0 Å². The van der Waals surface area contributed by atoms with Crippen LogP contribution < -0.4 is 24.3 Å². The van der Waals surface area contributed by atoms with E-state index in [0.29, 0.717) is 48.2 Å². The summed E-state index contributed by atoms with van der Waals surface area (Å²) < 4.78 is 17.8. The maximum Gasteiger partial charge on any atom is 0.291 e. The summed E-state index contributed by atoms with van der Waals surface area (Å²) in [5.41, 5.74) is 1.12. The van der Waals surface area contributed by atoms with Crippen molar-refractivity contribution in [1.82, 2.24) is 14.6 Å². The molecule has 2 aromatic heterocycles. The molecule has 0 saturated heterocycles. The van der Waals surface area contributed by atoms with Gasteiger partial charge in [0.1, 0.15) is 0 Å². The van der Waals surface area contributed by atoms with E-state index in [1.807, 2.05) is 0 Å². The van der Waals surface area contributed by atoms with Crippen LogP contribution in [0.4, 0.5) is 0 Å². The van der Waals surface area contributed by atoms with E-state index in [-0.39, 0.29) is 5.56 Å². The first-order valence-electron chi connectivity index (χ1n) is 8.62. The van der Waals surface area contributed by atoms with Crippen molar-refractivity contribution in [3.8, 4) is 28.6 Å². The van der Waals surface area contributed by atoms with Gasteiger partial charge in [-0.15, -0.1) is 5.10 Å². The second kappa shape index (κ2) is 8.14. The van der Waals surface area contributed by atoms with Crippen molar-refractivity contribution < 1.29 is 14.2 Å². The van der Waals surface area contributed by atoms with Crippen molar-refractivity contribution in [2.75, 3.05) is 21.3 Å². The van der Waals surface area contributed by atoms with Crippen LogP contribution in [0, 0.1) is 0 Å². The van der Waals surface area contributed by atoms with E-state index in [0.717, 1.165) is 5.56 Å². The van der Waals surface area contributed by atoms with Gasteiger partial charge in [-0.2, -0.15) is 9.50 Å². The molecule has 2 heterocycles. The van der Waals surface area contributed by atoms with Gasteiger partial charge in [0.05, 0.1) is 35.9 Å². The topological polar surface area (TPSA) is 75.0 Å². The lowest BCUT2D eigenvalue weighted by Crippen LogP contribution is -2.23. The number of nitrogens with zero attached hydrogens (tertiary/aromatic N) is 3. The number of rotatable bonds is 5. The molecular weight excluding hydrogens is 449 g/mol. The third kappa shape index (κ3) is 3.58. The molecule has 0 N–H and O–H groups in total. The standard InChI is InChI=1S/C20H15Cl2N3O4S/c1-27-14-8-11(9-15(28-2)17(14)29-3)18-23-20-25(24-18)19(26)16(30-20)7-10-4-5-12(21)13(22)6-10/h4-9H,1-3H3. The minimum atomic E-state index is -0.271. The maximum atomic E-state index is 12.8. The Morgan fingerprint density at radius 2 is 1.70 bits per heavy atom. The number of aromatic nitrogens is 3. The Kier molecular flexibility index (Phi) is 5.55. The first-order valence-corrected chi connectivity index (χ1v) is 10.2. The van der Waals surface area contributed by atoms with E-state index in [1.54, 1.807) is 36.4 Å². The van der Waals surface area contributed by atoms with Crippen LogP contribution in [0.25, 0.3) is 22.4 Å². The molecule has 30 heavy (non-hydrogen) atoms. The lowest BCUT2D eigenvalue weighted by Gasteiger charge is -2.12. The van der Waals surface area contributed by atoms with Crippen LogP contribution in [0.2, 0.25) is 10.0 Å². The SMILES string of the molecule is COc1cc(-c2nc3sc(=Cc4ccc(Cl)c(Cl)c4)c(=O)n3n2)cc(OC)c1OC. The van der Waals surface area contributed by atoms with E-state index in [1.165, 1.54) is 37.2 Å². The van der Waals surface area contributed by atoms with Gasteiger partial charge in [0.15, 0.2) is 17.3 Å². The third-order valence-corrected chi connectivity index (χ3v) is 6.04. The smallest absolute Gasteiger partial charge is 0.291 e. The number of thiazole rings is 1. The van der Waals surface area contributed by atoms with Crippen LogP contribution in [0.5, 0.6) is 17.2 Å². The molecule has 0 radical (unpaired) electrons. The summed E-state index contributed by atoms with van der Waals surface area (Å²) in [4.78, 5) is 17.8. The van der Waals surface area contributed by atoms with Gasteiger partial charge in [-0.05, 0) is 35.9 Å².